The van der Waals surface area contributed by atoms with Gasteiger partial charge < -0.3 is 0 Å². The highest BCUT2D eigenvalue weighted by atomic mass is 79.9. The Balaban J connectivity index is 3.06. The molecule has 0 spiro atoms. The third-order valence-electron chi connectivity index (χ3n) is 1.87. The Bertz CT molecular complexity index is 667. The van der Waals surface area contributed by atoms with Crippen LogP contribution in [-0.4, -0.2) is 20.4 Å². The van der Waals surface area contributed by atoms with Gasteiger partial charge in [-0.15, -0.1) is 0 Å². The molecule has 0 aliphatic heterocycles. The van der Waals surface area contributed by atoms with Crippen molar-refractivity contribution in [2.75, 3.05) is 11.7 Å². The van der Waals surface area contributed by atoms with Gasteiger partial charge in [0.2, 0.25) is 5.71 Å². The van der Waals surface area contributed by atoms with Crippen LogP contribution in [0.1, 0.15) is 0 Å². The van der Waals surface area contributed by atoms with Crippen molar-refractivity contribution in [3.63, 3.8) is 0 Å². The maximum absolute atomic E-state index is 11.3. The molecular weight excluding hydrogens is 320 g/mol. The molecule has 8 heteroatoms. The second kappa shape index (κ2) is 5.63. The van der Waals surface area contributed by atoms with Crippen molar-refractivity contribution >= 4 is 37.2 Å². The lowest BCUT2D eigenvalue weighted by Crippen LogP contribution is -2.00. The van der Waals surface area contributed by atoms with Crippen molar-refractivity contribution < 1.29 is 8.42 Å². The maximum Gasteiger partial charge on any atom is 0.237 e. The average molecular weight is 327 g/mol. The average Bonchev–Trinajstić information content (AvgIpc) is 2.30. The maximum atomic E-state index is 11.3. The minimum atomic E-state index is -3.28. The normalized spacial score (nSPS) is 10.0. The molecule has 0 fully saturated rings. The van der Waals surface area contributed by atoms with Crippen LogP contribution in [0.3, 0.4) is 0 Å². The largest absolute Gasteiger partial charge is 0.275 e. The first kappa shape index (κ1) is 14.2. The molecule has 92 valence electrons. The summed E-state index contributed by atoms with van der Waals surface area (Å²) in [4.78, 5) is 0.157. The molecule has 0 bridgehead atoms. The predicted molar refractivity (Wildman–Crippen MR) is 69.5 cm³/mol. The molecular formula is C10H7BrN4O2S. The van der Waals surface area contributed by atoms with E-state index in [0.29, 0.717) is 10.2 Å². The summed E-state index contributed by atoms with van der Waals surface area (Å²) in [6.07, 6.45) is 1.10. The number of sulfone groups is 1. The van der Waals surface area contributed by atoms with Crippen LogP contribution in [0.2, 0.25) is 0 Å². The van der Waals surface area contributed by atoms with Crippen LogP contribution >= 0.6 is 15.9 Å². The van der Waals surface area contributed by atoms with Crippen molar-refractivity contribution in [2.45, 2.75) is 4.90 Å². The number of rotatable bonds is 3. The Hall–Kier alpha value is -1.90. The van der Waals surface area contributed by atoms with Gasteiger partial charge >= 0.3 is 0 Å². The third kappa shape index (κ3) is 3.55. The number of nitrogens with one attached hydrogen (secondary N) is 1. The zero-order chi connectivity index (χ0) is 13.8. The second-order valence-corrected chi connectivity index (χ2v) is 6.08. The van der Waals surface area contributed by atoms with Crippen LogP contribution in [0.5, 0.6) is 0 Å². The van der Waals surface area contributed by atoms with Crippen LogP contribution in [0.25, 0.3) is 0 Å². The molecule has 1 N–H and O–H groups in total. The van der Waals surface area contributed by atoms with E-state index in [1.807, 2.05) is 0 Å². The number of hydrogen-bond acceptors (Lipinski definition) is 6. The van der Waals surface area contributed by atoms with E-state index in [-0.39, 0.29) is 10.6 Å². The Labute approximate surface area is 113 Å². The minimum absolute atomic E-state index is 0.157. The molecule has 1 aromatic carbocycles. The molecule has 0 amide bonds. The van der Waals surface area contributed by atoms with Gasteiger partial charge in [-0.2, -0.15) is 15.6 Å². The van der Waals surface area contributed by atoms with Crippen LogP contribution in [0.4, 0.5) is 5.69 Å². The van der Waals surface area contributed by atoms with Crippen molar-refractivity contribution in [3.05, 3.63) is 22.7 Å². The van der Waals surface area contributed by atoms with E-state index in [1.54, 1.807) is 12.1 Å². The Morgan fingerprint density at radius 1 is 1.39 bits per heavy atom. The van der Waals surface area contributed by atoms with E-state index in [9.17, 15) is 8.42 Å². The number of anilines is 1. The van der Waals surface area contributed by atoms with E-state index >= 15 is 0 Å². The molecule has 18 heavy (non-hydrogen) atoms. The topological polar surface area (TPSA) is 106 Å². The van der Waals surface area contributed by atoms with E-state index in [2.05, 4.69) is 26.5 Å². The fourth-order valence-electron chi connectivity index (χ4n) is 1.01. The molecule has 0 saturated heterocycles. The van der Waals surface area contributed by atoms with Crippen LogP contribution < -0.4 is 5.43 Å². The molecule has 6 nitrogen and oxygen atoms in total. The predicted octanol–water partition coefficient (Wildman–Crippen LogP) is 1.67. The van der Waals surface area contributed by atoms with Gasteiger partial charge in [0.15, 0.2) is 9.84 Å². The van der Waals surface area contributed by atoms with Crippen molar-refractivity contribution in [3.8, 4) is 12.1 Å². The standard InChI is InChI=1S/C10H7BrN4O2S/c1-18(16,17)8-2-3-10(9(11)4-8)15-14-7(5-12)6-13/h2-4,15H,1H3. The molecule has 0 atom stereocenters. The highest BCUT2D eigenvalue weighted by Gasteiger charge is 2.09. The van der Waals surface area contributed by atoms with Crippen molar-refractivity contribution in [1.29, 1.82) is 10.5 Å². The summed E-state index contributed by atoms with van der Waals surface area (Å²) in [7, 11) is -3.28. The van der Waals surface area contributed by atoms with Crippen LogP contribution in [-0.2, 0) is 9.84 Å². The lowest BCUT2D eigenvalue weighted by molar-refractivity contribution is 0.602. The summed E-state index contributed by atoms with van der Waals surface area (Å²) < 4.78 is 23.1. The van der Waals surface area contributed by atoms with Gasteiger partial charge in [0.25, 0.3) is 0 Å². The van der Waals surface area contributed by atoms with Gasteiger partial charge in [0.1, 0.15) is 12.1 Å². The van der Waals surface area contributed by atoms with E-state index in [0.717, 1.165) is 6.26 Å². The number of nitrogens with zero attached hydrogens (tertiary/aromatic N) is 3. The molecule has 0 unspecified atom stereocenters. The quantitative estimate of drug-likeness (QED) is 0.671. The van der Waals surface area contributed by atoms with Crippen molar-refractivity contribution in [1.82, 2.24) is 0 Å². The van der Waals surface area contributed by atoms with E-state index in [4.69, 9.17) is 10.5 Å². The fraction of sp³-hybridized carbons (Fsp3) is 0.100. The van der Waals surface area contributed by atoms with Gasteiger partial charge in [-0.1, -0.05) is 0 Å². The van der Waals surface area contributed by atoms with E-state index in [1.165, 1.54) is 18.2 Å². The smallest absolute Gasteiger partial charge is 0.237 e. The highest BCUT2D eigenvalue weighted by Crippen LogP contribution is 2.25. The minimum Gasteiger partial charge on any atom is -0.275 e. The molecule has 1 rings (SSSR count). The molecule has 1 aromatic rings. The van der Waals surface area contributed by atoms with Gasteiger partial charge in [-0.25, -0.2) is 8.42 Å². The third-order valence-corrected chi connectivity index (χ3v) is 3.63. The number of hydrazone groups is 1. The van der Waals surface area contributed by atoms with E-state index < -0.39 is 9.84 Å². The first-order valence-corrected chi connectivity index (χ1v) is 7.20. The SMILES string of the molecule is CS(=O)(=O)c1ccc(NN=C(C#N)C#N)c(Br)c1. The van der Waals surface area contributed by atoms with Gasteiger partial charge in [0.05, 0.1) is 10.6 Å². The summed E-state index contributed by atoms with van der Waals surface area (Å²) in [6.45, 7) is 0. The molecule has 0 aliphatic carbocycles. The van der Waals surface area contributed by atoms with Crippen LogP contribution in [0.15, 0.2) is 32.7 Å². The number of halogens is 1. The fourth-order valence-corrected chi connectivity index (χ4v) is 2.27. The monoisotopic (exact) mass is 326 g/mol. The Morgan fingerprint density at radius 3 is 2.44 bits per heavy atom. The Morgan fingerprint density at radius 2 is 2.00 bits per heavy atom. The van der Waals surface area contributed by atoms with Gasteiger partial charge in [-0.05, 0) is 34.1 Å². The lowest BCUT2D eigenvalue weighted by Gasteiger charge is -2.05. The first-order valence-electron chi connectivity index (χ1n) is 4.52. The summed E-state index contributed by atoms with van der Waals surface area (Å²) in [5, 5.41) is 20.5. The summed E-state index contributed by atoms with van der Waals surface area (Å²) >= 11 is 3.17. The van der Waals surface area contributed by atoms with Gasteiger partial charge in [-0.3, -0.25) is 5.43 Å². The first-order chi connectivity index (χ1) is 8.38. The zero-order valence-corrected chi connectivity index (χ0v) is 11.6. The number of benzene rings is 1. The summed E-state index contributed by atoms with van der Waals surface area (Å²) in [5.74, 6) is 0. The van der Waals surface area contributed by atoms with Crippen molar-refractivity contribution in [2.24, 2.45) is 5.10 Å². The zero-order valence-electron chi connectivity index (χ0n) is 9.18. The highest BCUT2D eigenvalue weighted by molar-refractivity contribution is 9.10. The summed E-state index contributed by atoms with van der Waals surface area (Å²) in [5.41, 5.74) is 2.62. The number of hydrogen-bond donors (Lipinski definition) is 1. The lowest BCUT2D eigenvalue weighted by atomic mass is 10.3. The summed E-state index contributed by atoms with van der Waals surface area (Å²) in [6, 6.07) is 7.47. The van der Waals surface area contributed by atoms with Crippen LogP contribution in [0, 0.1) is 22.7 Å². The Kier molecular flexibility index (Phi) is 4.43. The molecule has 0 aromatic heterocycles. The molecule has 0 radical (unpaired) electrons. The number of nitriles is 2. The molecule has 0 saturated carbocycles. The molecule has 0 aliphatic rings. The second-order valence-electron chi connectivity index (χ2n) is 3.21. The van der Waals surface area contributed by atoms with Gasteiger partial charge in [0, 0.05) is 10.7 Å². The molecule has 0 heterocycles.